The highest BCUT2D eigenvalue weighted by molar-refractivity contribution is 7.99. The zero-order chi connectivity index (χ0) is 23.3. The highest BCUT2D eigenvalue weighted by Crippen LogP contribution is 2.34. The first-order valence-electron chi connectivity index (χ1n) is 9.48. The fourth-order valence-corrected chi connectivity index (χ4v) is 3.59. The Balaban J connectivity index is 1.60. The molecule has 0 aliphatic heterocycles. The molecule has 1 aromatic heterocycles. The lowest BCUT2D eigenvalue weighted by atomic mass is 10.1. The van der Waals surface area contributed by atoms with Crippen molar-refractivity contribution in [3.8, 4) is 11.5 Å². The summed E-state index contributed by atoms with van der Waals surface area (Å²) < 4.78 is 51.9. The number of nitrogens with one attached hydrogen (secondary N) is 1. The summed E-state index contributed by atoms with van der Waals surface area (Å²) >= 11 is 1.06. The fourth-order valence-electron chi connectivity index (χ4n) is 2.87. The number of para-hydroxylation sites is 1. The number of methoxy groups -OCH3 is 1. The summed E-state index contributed by atoms with van der Waals surface area (Å²) in [6.07, 6.45) is -4.99. The van der Waals surface area contributed by atoms with E-state index in [4.69, 9.17) is 9.47 Å². The number of hydrogen-bond donors (Lipinski definition) is 1. The first kappa shape index (κ1) is 23.5. The van der Waals surface area contributed by atoms with Crippen LogP contribution >= 0.6 is 11.8 Å². The van der Waals surface area contributed by atoms with Gasteiger partial charge in [-0.15, -0.1) is 10.2 Å². The van der Waals surface area contributed by atoms with E-state index in [2.05, 4.69) is 15.5 Å². The van der Waals surface area contributed by atoms with Gasteiger partial charge in [-0.25, -0.2) is 0 Å². The van der Waals surface area contributed by atoms with E-state index in [1.165, 1.54) is 18.2 Å². The topological polar surface area (TPSA) is 78.3 Å². The molecule has 1 amide bonds. The average molecular weight is 466 g/mol. The lowest BCUT2D eigenvalue weighted by molar-refractivity contribution is -0.137. The minimum Gasteiger partial charge on any atom is -0.497 e. The van der Waals surface area contributed by atoms with Gasteiger partial charge in [0.25, 0.3) is 0 Å². The zero-order valence-electron chi connectivity index (χ0n) is 17.5. The van der Waals surface area contributed by atoms with E-state index in [1.54, 1.807) is 43.0 Å². The molecule has 2 aromatic carbocycles. The van der Waals surface area contributed by atoms with Crippen molar-refractivity contribution in [3.05, 3.63) is 59.9 Å². The van der Waals surface area contributed by atoms with Gasteiger partial charge in [-0.2, -0.15) is 13.2 Å². The van der Waals surface area contributed by atoms with Crippen LogP contribution in [0.1, 0.15) is 24.4 Å². The molecule has 1 N–H and O–H groups in total. The van der Waals surface area contributed by atoms with Crippen molar-refractivity contribution >= 4 is 23.4 Å². The number of aromatic nitrogens is 3. The molecule has 0 saturated carbocycles. The van der Waals surface area contributed by atoms with Crippen LogP contribution in [0.4, 0.5) is 18.9 Å². The Labute approximate surface area is 186 Å². The molecule has 3 aromatic rings. The summed E-state index contributed by atoms with van der Waals surface area (Å²) in [4.78, 5) is 12.2. The largest absolute Gasteiger partial charge is 0.497 e. The number of alkyl halides is 3. The Morgan fingerprint density at radius 3 is 2.44 bits per heavy atom. The minimum absolute atomic E-state index is 0.133. The third-order valence-corrected chi connectivity index (χ3v) is 5.46. The van der Waals surface area contributed by atoms with Gasteiger partial charge in [0.05, 0.1) is 24.1 Å². The number of halogens is 3. The first-order valence-corrected chi connectivity index (χ1v) is 10.5. The van der Waals surface area contributed by atoms with E-state index < -0.39 is 23.8 Å². The third-order valence-electron chi connectivity index (χ3n) is 4.44. The van der Waals surface area contributed by atoms with Gasteiger partial charge in [0.1, 0.15) is 11.5 Å². The van der Waals surface area contributed by atoms with Crippen LogP contribution in [-0.2, 0) is 18.0 Å². The molecule has 1 atom stereocenters. The number of benzene rings is 2. The van der Waals surface area contributed by atoms with Gasteiger partial charge < -0.3 is 19.4 Å². The lowest BCUT2D eigenvalue weighted by Gasteiger charge is -2.15. The molecule has 0 bridgehead atoms. The minimum atomic E-state index is -4.56. The number of nitrogens with zero attached hydrogens (tertiary/aromatic N) is 3. The van der Waals surface area contributed by atoms with E-state index in [9.17, 15) is 18.0 Å². The predicted molar refractivity (Wildman–Crippen MR) is 114 cm³/mol. The second-order valence-corrected chi connectivity index (χ2v) is 7.66. The summed E-state index contributed by atoms with van der Waals surface area (Å²) in [5.41, 5.74) is -1.19. The average Bonchev–Trinajstić information content (AvgIpc) is 3.13. The summed E-state index contributed by atoms with van der Waals surface area (Å²) in [6.45, 7) is 1.81. The number of hydrogen-bond acceptors (Lipinski definition) is 6. The lowest BCUT2D eigenvalue weighted by Crippen LogP contribution is -2.18. The van der Waals surface area contributed by atoms with Crippen LogP contribution in [-0.4, -0.2) is 33.5 Å². The molecule has 0 aliphatic carbocycles. The molecule has 0 radical (unpaired) electrons. The van der Waals surface area contributed by atoms with E-state index in [-0.39, 0.29) is 11.4 Å². The van der Waals surface area contributed by atoms with Gasteiger partial charge in [-0.3, -0.25) is 4.79 Å². The standard InChI is InChI=1S/C21H21F3N4O3S/c1-13(31-15-10-8-14(30-3)9-11-15)19-26-27-20(28(19)2)32-12-18(29)25-17-7-5-4-6-16(17)21(22,23)24/h4-11,13H,12H2,1-3H3,(H,25,29). The Hall–Kier alpha value is -3.21. The number of anilines is 1. The number of carbonyl (C=O) groups is 1. The van der Waals surface area contributed by atoms with Crippen molar-refractivity contribution in [2.45, 2.75) is 24.4 Å². The van der Waals surface area contributed by atoms with Gasteiger partial charge in [-0.05, 0) is 43.3 Å². The maximum absolute atomic E-state index is 13.1. The molecule has 7 nitrogen and oxygen atoms in total. The predicted octanol–water partition coefficient (Wildman–Crippen LogP) is 4.71. The molecule has 32 heavy (non-hydrogen) atoms. The summed E-state index contributed by atoms with van der Waals surface area (Å²) in [7, 11) is 3.30. The monoisotopic (exact) mass is 466 g/mol. The molecule has 11 heteroatoms. The molecular weight excluding hydrogens is 445 g/mol. The second kappa shape index (κ2) is 9.94. The normalized spacial score (nSPS) is 12.3. The Morgan fingerprint density at radius 2 is 1.78 bits per heavy atom. The van der Waals surface area contributed by atoms with Crippen LogP contribution < -0.4 is 14.8 Å². The number of carbonyl (C=O) groups excluding carboxylic acids is 1. The number of thioether (sulfide) groups is 1. The van der Waals surface area contributed by atoms with Crippen molar-refractivity contribution in [3.63, 3.8) is 0 Å². The molecule has 1 unspecified atom stereocenters. The Kier molecular flexibility index (Phi) is 7.29. The van der Waals surface area contributed by atoms with Gasteiger partial charge in [-0.1, -0.05) is 23.9 Å². The maximum atomic E-state index is 13.1. The van der Waals surface area contributed by atoms with Crippen LogP contribution in [0, 0.1) is 0 Å². The smallest absolute Gasteiger partial charge is 0.418 e. The van der Waals surface area contributed by atoms with Crippen LogP contribution in [0.3, 0.4) is 0 Å². The molecule has 0 spiro atoms. The van der Waals surface area contributed by atoms with Crippen LogP contribution in [0.2, 0.25) is 0 Å². The molecule has 1 heterocycles. The van der Waals surface area contributed by atoms with Crippen LogP contribution in [0.5, 0.6) is 11.5 Å². The zero-order valence-corrected chi connectivity index (χ0v) is 18.3. The highest BCUT2D eigenvalue weighted by atomic mass is 32.2. The molecular formula is C21H21F3N4O3S. The third kappa shape index (κ3) is 5.72. The van der Waals surface area contributed by atoms with E-state index in [1.807, 2.05) is 6.92 Å². The van der Waals surface area contributed by atoms with Gasteiger partial charge in [0.2, 0.25) is 5.91 Å². The SMILES string of the molecule is COc1ccc(OC(C)c2nnc(SCC(=O)Nc3ccccc3C(F)(F)F)n2C)cc1. The quantitative estimate of drug-likeness (QED) is 0.485. The highest BCUT2D eigenvalue weighted by Gasteiger charge is 2.33. The summed E-state index contributed by atoms with van der Waals surface area (Å²) in [5, 5.41) is 10.9. The fraction of sp³-hybridized carbons (Fsp3) is 0.286. The van der Waals surface area contributed by atoms with Crippen LogP contribution in [0.15, 0.2) is 53.7 Å². The number of rotatable bonds is 8. The molecule has 0 fully saturated rings. The van der Waals surface area contributed by atoms with Crippen molar-refractivity contribution in [1.82, 2.24) is 14.8 Å². The first-order chi connectivity index (χ1) is 15.2. The number of amides is 1. The van der Waals surface area contributed by atoms with Gasteiger partial charge in [0, 0.05) is 7.05 Å². The summed E-state index contributed by atoms with van der Waals surface area (Å²) in [6, 6.07) is 11.9. The van der Waals surface area contributed by atoms with Crippen molar-refractivity contribution in [1.29, 1.82) is 0 Å². The van der Waals surface area contributed by atoms with E-state index >= 15 is 0 Å². The Morgan fingerprint density at radius 1 is 1.12 bits per heavy atom. The molecule has 0 saturated heterocycles. The van der Waals surface area contributed by atoms with Crippen molar-refractivity contribution in [2.24, 2.45) is 7.05 Å². The second-order valence-electron chi connectivity index (χ2n) is 6.72. The van der Waals surface area contributed by atoms with Crippen molar-refractivity contribution < 1.29 is 27.4 Å². The van der Waals surface area contributed by atoms with Crippen molar-refractivity contribution in [2.75, 3.05) is 18.2 Å². The van der Waals surface area contributed by atoms with Gasteiger partial charge in [0.15, 0.2) is 17.1 Å². The number of ether oxygens (including phenoxy) is 2. The molecule has 0 aliphatic rings. The maximum Gasteiger partial charge on any atom is 0.418 e. The Bertz CT molecular complexity index is 1070. The van der Waals surface area contributed by atoms with Crippen LogP contribution in [0.25, 0.3) is 0 Å². The van der Waals surface area contributed by atoms with Gasteiger partial charge >= 0.3 is 6.18 Å². The molecule has 170 valence electrons. The molecule has 3 rings (SSSR count). The van der Waals surface area contributed by atoms with E-state index in [0.717, 1.165) is 17.8 Å². The van der Waals surface area contributed by atoms with E-state index in [0.29, 0.717) is 22.5 Å². The summed E-state index contributed by atoms with van der Waals surface area (Å²) in [5.74, 6) is 1.15.